The predicted octanol–water partition coefficient (Wildman–Crippen LogP) is 3.27. The van der Waals surface area contributed by atoms with E-state index in [1.54, 1.807) is 60.8 Å². The number of nitrogens with one attached hydrogen (secondary N) is 6. The maximum absolute atomic E-state index is 15.0. The number of unbranched alkanes of at least 4 members (excludes halogenated alkanes) is 1. The van der Waals surface area contributed by atoms with Crippen molar-refractivity contribution < 1.29 is 61.3 Å². The molecule has 6 atom stereocenters. The number of hydrogen-bond acceptors (Lipinski definition) is 11. The van der Waals surface area contributed by atoms with Crippen LogP contribution in [-0.2, 0) is 53.0 Å². The van der Waals surface area contributed by atoms with Crippen molar-refractivity contribution in [1.29, 1.82) is 0 Å². The fourth-order valence-corrected chi connectivity index (χ4v) is 8.32. The first-order valence-corrected chi connectivity index (χ1v) is 23.6. The van der Waals surface area contributed by atoms with Crippen LogP contribution in [0, 0.1) is 0 Å². The third-order valence-electron chi connectivity index (χ3n) is 12.0. The largest absolute Gasteiger partial charge is 0.490 e. The summed E-state index contributed by atoms with van der Waals surface area (Å²) in [5, 5.41) is 22.1. The monoisotopic (exact) mass is 1010 g/mol. The number of nitrogens with zero attached hydrogens (tertiary/aromatic N) is 1. The van der Waals surface area contributed by atoms with Crippen LogP contribution in [0.4, 0.5) is 18.0 Å². The van der Waals surface area contributed by atoms with Crippen molar-refractivity contribution in [2.24, 2.45) is 11.5 Å². The molecule has 1 unspecified atom stereocenters. The van der Waals surface area contributed by atoms with Crippen molar-refractivity contribution in [3.05, 3.63) is 138 Å². The van der Waals surface area contributed by atoms with Crippen LogP contribution in [0.2, 0.25) is 0 Å². The zero-order valence-electron chi connectivity index (χ0n) is 39.6. The number of benzene rings is 4. The normalized spacial score (nSPS) is 20.7. The van der Waals surface area contributed by atoms with Gasteiger partial charge in [-0.1, -0.05) is 91.0 Å². The molecule has 6 amide bonds. The molecule has 1 aromatic heterocycles. The maximum atomic E-state index is 15.0. The second kappa shape index (κ2) is 25.9. The zero-order chi connectivity index (χ0) is 52.5. The Morgan fingerprint density at radius 2 is 1.34 bits per heavy atom. The van der Waals surface area contributed by atoms with Crippen LogP contribution in [-0.4, -0.2) is 119 Å². The standard InChI is InChI=1S/C49H57N9O8.C2HF3O2/c50-22-10-9-17-39-44(59)56-41(25-31-18-20-35(21-19-31)65-30-32-11-3-1-4-12-32)48(63)58-29-36(66-49(64)52-24-23-51)27-42(58)46(61)57-43(33-13-5-2-6-14-33)47(62)55-40(45(60)54-39)26-34-28-53-38-16-8-7-15-37(34)38;3-2(4,5)1(6)7/h1-8,11-16,18-21,28,36,39-43,53H,9-10,17,22-27,29-30,50-51H2,(H,52,64)(H,54,60)(H,55,62)(H,56,59)(H,57,61);(H,6,7)/t36?,39-,40+,41-,42-,43-;/m0./s1. The van der Waals surface area contributed by atoms with E-state index in [1.165, 1.54) is 4.90 Å². The summed E-state index contributed by atoms with van der Waals surface area (Å²) >= 11 is 0. The highest BCUT2D eigenvalue weighted by Gasteiger charge is 2.45. The lowest BCUT2D eigenvalue weighted by molar-refractivity contribution is -0.192. The fourth-order valence-electron chi connectivity index (χ4n) is 8.32. The van der Waals surface area contributed by atoms with Crippen LogP contribution >= 0.6 is 0 Å². The number of nitrogens with two attached hydrogens (primary N) is 2. The number of alkyl halides is 3. The summed E-state index contributed by atoms with van der Waals surface area (Å²) in [6.07, 6.45) is -3.95. The molecule has 2 fully saturated rings. The number of para-hydroxylation sites is 1. The van der Waals surface area contributed by atoms with Crippen molar-refractivity contribution >= 4 is 52.5 Å². The van der Waals surface area contributed by atoms with Crippen molar-refractivity contribution in [2.45, 2.75) is 87.6 Å². The van der Waals surface area contributed by atoms with E-state index in [1.807, 2.05) is 54.6 Å². The Balaban J connectivity index is 0.00000116. The number of aromatic amines is 1. The number of H-pyrrole nitrogens is 1. The molecule has 0 bridgehead atoms. The minimum atomic E-state index is -5.08. The van der Waals surface area contributed by atoms with E-state index >= 15 is 4.79 Å². The van der Waals surface area contributed by atoms with Gasteiger partial charge in [0.25, 0.3) is 0 Å². The number of carbonyl (C=O) groups is 7. The SMILES string of the molecule is NCCCC[C@@H]1NC(=O)[C@@H](Cc2c[nH]c3ccccc23)NC(=O)[C@H](c2ccccc2)NC(=O)[C@@H]2CC(OC(=O)NCCN)CN2C(=O)[C@H](Cc2ccc(OCc3ccccc3)cc2)NC1=O.O=C(O)C(F)(F)F. The molecular weight excluding hydrogens is 956 g/mol. The van der Waals surface area contributed by atoms with Crippen LogP contribution in [0.25, 0.3) is 10.9 Å². The van der Waals surface area contributed by atoms with E-state index in [2.05, 4.69) is 31.6 Å². The highest BCUT2D eigenvalue weighted by atomic mass is 19.4. The lowest BCUT2D eigenvalue weighted by Crippen LogP contribution is -2.58. The van der Waals surface area contributed by atoms with Gasteiger partial charge in [-0.15, -0.1) is 0 Å². The zero-order valence-corrected chi connectivity index (χ0v) is 39.6. The number of alkyl carbamates (subject to hydrolysis) is 1. The highest BCUT2D eigenvalue weighted by molar-refractivity contribution is 5.99. The van der Waals surface area contributed by atoms with Crippen LogP contribution in [0.15, 0.2) is 115 Å². The van der Waals surface area contributed by atoms with Crippen LogP contribution in [0.1, 0.15) is 54.0 Å². The lowest BCUT2D eigenvalue weighted by atomic mass is 10.0. The molecule has 0 aliphatic carbocycles. The second-order valence-corrected chi connectivity index (χ2v) is 17.3. The fraction of sp³-hybridized carbons (Fsp3) is 0.353. The third kappa shape index (κ3) is 15.5. The number of carbonyl (C=O) groups excluding carboxylic acids is 6. The predicted molar refractivity (Wildman–Crippen MR) is 260 cm³/mol. The molecule has 388 valence electrons. The molecular formula is C51H58F3N9O10. The third-order valence-corrected chi connectivity index (χ3v) is 12.0. The van der Waals surface area contributed by atoms with Gasteiger partial charge in [-0.05, 0) is 66.3 Å². The molecule has 22 heteroatoms. The number of aromatic nitrogens is 1. The van der Waals surface area contributed by atoms with Gasteiger partial charge in [0.1, 0.15) is 48.7 Å². The number of hydrogen-bond donors (Lipinski definition) is 9. The minimum Gasteiger partial charge on any atom is -0.489 e. The van der Waals surface area contributed by atoms with Crippen molar-refractivity contribution in [2.75, 3.05) is 26.2 Å². The number of carboxylic acid groups (broad SMARTS) is 1. The summed E-state index contributed by atoms with van der Waals surface area (Å²) in [6, 6.07) is 26.7. The summed E-state index contributed by atoms with van der Waals surface area (Å²) < 4.78 is 43.4. The number of ether oxygens (including phenoxy) is 2. The lowest BCUT2D eigenvalue weighted by Gasteiger charge is -2.30. The van der Waals surface area contributed by atoms with E-state index in [0.29, 0.717) is 42.9 Å². The molecule has 3 heterocycles. The molecule has 7 rings (SSSR count). The van der Waals surface area contributed by atoms with Crippen LogP contribution in [0.5, 0.6) is 5.75 Å². The van der Waals surface area contributed by atoms with Crippen LogP contribution in [0.3, 0.4) is 0 Å². The molecule has 2 saturated heterocycles. The van der Waals surface area contributed by atoms with E-state index in [9.17, 15) is 37.1 Å². The molecule has 19 nitrogen and oxygen atoms in total. The van der Waals surface area contributed by atoms with Crippen molar-refractivity contribution in [3.63, 3.8) is 0 Å². The van der Waals surface area contributed by atoms with Gasteiger partial charge in [-0.25, -0.2) is 9.59 Å². The Kier molecular flexibility index (Phi) is 19.3. The Hall–Kier alpha value is -7.98. The van der Waals surface area contributed by atoms with Gasteiger partial charge in [0.15, 0.2) is 0 Å². The van der Waals surface area contributed by atoms with E-state index < -0.39 is 84.1 Å². The highest BCUT2D eigenvalue weighted by Crippen LogP contribution is 2.26. The first-order chi connectivity index (χ1) is 35.0. The Morgan fingerprint density at radius 3 is 2.01 bits per heavy atom. The summed E-state index contributed by atoms with van der Waals surface area (Å²) in [5.74, 6) is -5.51. The van der Waals surface area contributed by atoms with Gasteiger partial charge in [-0.3, -0.25) is 24.0 Å². The first-order valence-electron chi connectivity index (χ1n) is 23.6. The average molecular weight is 1010 g/mol. The molecule has 2 aliphatic heterocycles. The van der Waals surface area contributed by atoms with Gasteiger partial charge in [0.05, 0.1) is 6.54 Å². The average Bonchev–Trinajstić information content (AvgIpc) is 4.00. The van der Waals surface area contributed by atoms with Gasteiger partial charge in [0.2, 0.25) is 29.5 Å². The number of carboxylic acids is 1. The summed E-state index contributed by atoms with van der Waals surface area (Å²) in [5.41, 5.74) is 15.1. The number of rotatable bonds is 15. The first kappa shape index (κ1) is 54.4. The van der Waals surface area contributed by atoms with Gasteiger partial charge >= 0.3 is 18.2 Å². The van der Waals surface area contributed by atoms with E-state index in [4.69, 9.17) is 30.8 Å². The smallest absolute Gasteiger partial charge is 0.489 e. The maximum Gasteiger partial charge on any atom is 0.490 e. The topological polar surface area (TPSA) is 289 Å². The molecule has 11 N–H and O–H groups in total. The summed E-state index contributed by atoms with van der Waals surface area (Å²) in [7, 11) is 0. The number of halogens is 3. The van der Waals surface area contributed by atoms with E-state index in [-0.39, 0.29) is 45.3 Å². The molecule has 2 aliphatic rings. The second-order valence-electron chi connectivity index (χ2n) is 17.3. The Morgan fingerprint density at radius 1 is 0.712 bits per heavy atom. The molecule has 5 aromatic rings. The number of amides is 6. The molecule has 4 aromatic carbocycles. The summed E-state index contributed by atoms with van der Waals surface area (Å²) in [4.78, 5) is 99.5. The van der Waals surface area contributed by atoms with Crippen molar-refractivity contribution in [1.82, 2.24) is 36.5 Å². The molecule has 0 saturated carbocycles. The molecule has 0 spiro atoms. The van der Waals surface area contributed by atoms with Gasteiger partial charge in [0, 0.05) is 49.5 Å². The van der Waals surface area contributed by atoms with Crippen LogP contribution < -0.4 is 42.8 Å². The summed E-state index contributed by atoms with van der Waals surface area (Å²) in [6.45, 7) is 0.794. The Bertz CT molecular complexity index is 2670. The number of fused-ring (bicyclic) bond motifs is 2. The molecule has 73 heavy (non-hydrogen) atoms. The number of aliphatic carboxylic acids is 1. The van der Waals surface area contributed by atoms with Crippen molar-refractivity contribution in [3.8, 4) is 5.75 Å². The Labute approximate surface area is 417 Å². The minimum absolute atomic E-state index is 0.0176. The van der Waals surface area contributed by atoms with E-state index in [0.717, 1.165) is 22.0 Å². The quantitative estimate of drug-likeness (QED) is 0.0684. The molecule has 0 radical (unpaired) electrons. The van der Waals surface area contributed by atoms with Gasteiger partial charge in [-0.2, -0.15) is 13.2 Å². The van der Waals surface area contributed by atoms with Gasteiger partial charge < -0.3 is 62.5 Å².